The van der Waals surface area contributed by atoms with E-state index >= 15 is 0 Å². The quantitative estimate of drug-likeness (QED) is 0.760. The molecule has 0 bridgehead atoms. The van der Waals surface area contributed by atoms with Crippen LogP contribution in [0.5, 0.6) is 11.5 Å². The molecule has 0 atom stereocenters. The third kappa shape index (κ3) is 3.19. The Labute approximate surface area is 89.6 Å². The first-order valence-corrected chi connectivity index (χ1v) is 4.62. The topological polar surface area (TPSA) is 38.7 Å². The van der Waals surface area contributed by atoms with Gasteiger partial charge in [0.05, 0.1) is 13.7 Å². The van der Waals surface area contributed by atoms with Gasteiger partial charge in [0.15, 0.2) is 0 Å². The molecule has 3 heteroatoms. The molecule has 0 spiro atoms. The Kier molecular flexibility index (Phi) is 4.52. The Bertz CT molecular complexity index is 374. The van der Waals surface area contributed by atoms with Gasteiger partial charge in [-0.15, -0.1) is 5.92 Å². The van der Waals surface area contributed by atoms with Crippen LogP contribution in [0, 0.1) is 11.8 Å². The molecule has 0 saturated carbocycles. The van der Waals surface area contributed by atoms with Gasteiger partial charge in [-0.3, -0.25) is 0 Å². The molecule has 15 heavy (non-hydrogen) atoms. The van der Waals surface area contributed by atoms with Gasteiger partial charge in [0.1, 0.15) is 18.1 Å². The molecule has 0 heterocycles. The average Bonchev–Trinajstić information content (AvgIpc) is 2.29. The number of hydrogen-bond acceptors (Lipinski definition) is 3. The number of hydrogen-bond donors (Lipinski definition) is 1. The van der Waals surface area contributed by atoms with Crippen molar-refractivity contribution in [3.05, 3.63) is 23.8 Å². The van der Waals surface area contributed by atoms with E-state index in [4.69, 9.17) is 14.6 Å². The summed E-state index contributed by atoms with van der Waals surface area (Å²) >= 11 is 0. The lowest BCUT2D eigenvalue weighted by Gasteiger charge is -2.09. The maximum atomic E-state index is 9.12. The summed E-state index contributed by atoms with van der Waals surface area (Å²) < 4.78 is 10.4. The third-order valence-corrected chi connectivity index (χ3v) is 1.91. The van der Waals surface area contributed by atoms with Gasteiger partial charge in [-0.2, -0.15) is 0 Å². The van der Waals surface area contributed by atoms with Gasteiger partial charge >= 0.3 is 0 Å². The van der Waals surface area contributed by atoms with Crippen molar-refractivity contribution in [3.8, 4) is 23.3 Å². The molecule has 0 aromatic heterocycles. The van der Waals surface area contributed by atoms with E-state index in [2.05, 4.69) is 11.8 Å². The van der Waals surface area contributed by atoms with E-state index in [-0.39, 0.29) is 6.61 Å². The Morgan fingerprint density at radius 1 is 1.40 bits per heavy atom. The normalized spacial score (nSPS) is 9.00. The van der Waals surface area contributed by atoms with Crippen LogP contribution in [-0.2, 0) is 6.61 Å². The van der Waals surface area contributed by atoms with Gasteiger partial charge < -0.3 is 14.6 Å². The molecule has 0 unspecified atom stereocenters. The number of methoxy groups -OCH3 is 1. The molecule has 0 aliphatic carbocycles. The van der Waals surface area contributed by atoms with Crippen LogP contribution in [0.4, 0.5) is 0 Å². The van der Waals surface area contributed by atoms with Crippen molar-refractivity contribution < 1.29 is 14.6 Å². The van der Waals surface area contributed by atoms with Crippen molar-refractivity contribution in [1.29, 1.82) is 0 Å². The molecular weight excluding hydrogens is 192 g/mol. The number of aliphatic hydroxyl groups excluding tert-OH is 1. The van der Waals surface area contributed by atoms with Gasteiger partial charge in [-0.25, -0.2) is 0 Å². The summed E-state index contributed by atoms with van der Waals surface area (Å²) in [6, 6.07) is 5.30. The Balaban J connectivity index is 2.81. The van der Waals surface area contributed by atoms with E-state index in [9.17, 15) is 0 Å². The zero-order valence-corrected chi connectivity index (χ0v) is 8.91. The van der Waals surface area contributed by atoms with Gasteiger partial charge in [-0.1, -0.05) is 5.92 Å². The van der Waals surface area contributed by atoms with Crippen LogP contribution in [0.15, 0.2) is 18.2 Å². The maximum Gasteiger partial charge on any atom is 0.149 e. The lowest BCUT2D eigenvalue weighted by Crippen LogP contribution is -1.98. The van der Waals surface area contributed by atoms with Crippen molar-refractivity contribution >= 4 is 0 Å². The number of aliphatic hydroxyl groups is 1. The first kappa shape index (κ1) is 11.4. The summed E-state index contributed by atoms with van der Waals surface area (Å²) in [5.74, 6) is 6.87. The Morgan fingerprint density at radius 3 is 2.80 bits per heavy atom. The second-order valence-electron chi connectivity index (χ2n) is 2.85. The fraction of sp³-hybridized carbons (Fsp3) is 0.333. The molecule has 0 aliphatic rings. The van der Waals surface area contributed by atoms with Crippen molar-refractivity contribution in [3.63, 3.8) is 0 Å². The molecule has 0 saturated heterocycles. The van der Waals surface area contributed by atoms with Crippen LogP contribution >= 0.6 is 0 Å². The minimum atomic E-state index is -0.0773. The van der Waals surface area contributed by atoms with E-state index in [0.717, 1.165) is 0 Å². The highest BCUT2D eigenvalue weighted by Crippen LogP contribution is 2.23. The third-order valence-electron chi connectivity index (χ3n) is 1.91. The molecule has 0 aliphatic heterocycles. The van der Waals surface area contributed by atoms with E-state index in [1.54, 1.807) is 32.2 Å². The predicted octanol–water partition coefficient (Wildman–Crippen LogP) is 1.59. The molecule has 0 radical (unpaired) electrons. The standard InChI is InChI=1S/C12H14O3/c1-3-4-7-15-12-6-5-11(14-2)8-10(12)9-13/h5-6,8,13H,7,9H2,1-2H3. The highest BCUT2D eigenvalue weighted by molar-refractivity contribution is 5.40. The lowest BCUT2D eigenvalue weighted by atomic mass is 10.2. The van der Waals surface area contributed by atoms with Crippen LogP contribution in [0.25, 0.3) is 0 Å². The molecule has 1 rings (SSSR count). The summed E-state index contributed by atoms with van der Waals surface area (Å²) in [6.07, 6.45) is 0. The Morgan fingerprint density at radius 2 is 2.20 bits per heavy atom. The second kappa shape index (κ2) is 5.94. The van der Waals surface area contributed by atoms with Crippen molar-refractivity contribution in [2.45, 2.75) is 13.5 Å². The van der Waals surface area contributed by atoms with E-state index < -0.39 is 0 Å². The first-order valence-electron chi connectivity index (χ1n) is 4.62. The molecular formula is C12H14O3. The molecule has 0 amide bonds. The van der Waals surface area contributed by atoms with Crippen LogP contribution < -0.4 is 9.47 Å². The number of ether oxygens (including phenoxy) is 2. The molecule has 0 fully saturated rings. The first-order chi connectivity index (χ1) is 7.31. The van der Waals surface area contributed by atoms with Crippen LogP contribution in [-0.4, -0.2) is 18.8 Å². The summed E-state index contributed by atoms with van der Waals surface area (Å²) in [7, 11) is 1.58. The summed E-state index contributed by atoms with van der Waals surface area (Å²) in [5.41, 5.74) is 0.701. The Hall–Kier alpha value is -1.66. The van der Waals surface area contributed by atoms with E-state index in [1.165, 1.54) is 0 Å². The van der Waals surface area contributed by atoms with Crippen LogP contribution in [0.2, 0.25) is 0 Å². The fourth-order valence-electron chi connectivity index (χ4n) is 1.13. The highest BCUT2D eigenvalue weighted by atomic mass is 16.5. The molecule has 1 N–H and O–H groups in total. The molecule has 3 nitrogen and oxygen atoms in total. The van der Waals surface area contributed by atoms with E-state index in [0.29, 0.717) is 23.7 Å². The highest BCUT2D eigenvalue weighted by Gasteiger charge is 2.03. The minimum absolute atomic E-state index is 0.0773. The summed E-state index contributed by atoms with van der Waals surface area (Å²) in [6.45, 7) is 2.01. The maximum absolute atomic E-state index is 9.12. The average molecular weight is 206 g/mol. The van der Waals surface area contributed by atoms with Gasteiger partial charge in [0.2, 0.25) is 0 Å². The smallest absolute Gasteiger partial charge is 0.149 e. The van der Waals surface area contributed by atoms with Gasteiger partial charge in [0.25, 0.3) is 0 Å². The fourth-order valence-corrected chi connectivity index (χ4v) is 1.13. The largest absolute Gasteiger partial charge is 0.497 e. The monoisotopic (exact) mass is 206 g/mol. The lowest BCUT2D eigenvalue weighted by molar-refractivity contribution is 0.269. The zero-order valence-electron chi connectivity index (χ0n) is 8.91. The van der Waals surface area contributed by atoms with Gasteiger partial charge in [-0.05, 0) is 25.1 Å². The van der Waals surface area contributed by atoms with Gasteiger partial charge in [0, 0.05) is 5.56 Å². The van der Waals surface area contributed by atoms with E-state index in [1.807, 2.05) is 0 Å². The van der Waals surface area contributed by atoms with Crippen molar-refractivity contribution in [2.75, 3.05) is 13.7 Å². The van der Waals surface area contributed by atoms with Crippen LogP contribution in [0.1, 0.15) is 12.5 Å². The SMILES string of the molecule is CC#CCOc1ccc(OC)cc1CO. The predicted molar refractivity (Wildman–Crippen MR) is 57.9 cm³/mol. The number of benzene rings is 1. The summed E-state index contributed by atoms with van der Waals surface area (Å²) in [5, 5.41) is 9.12. The molecule has 1 aromatic carbocycles. The second-order valence-corrected chi connectivity index (χ2v) is 2.85. The minimum Gasteiger partial charge on any atom is -0.497 e. The molecule has 80 valence electrons. The van der Waals surface area contributed by atoms with Crippen molar-refractivity contribution in [1.82, 2.24) is 0 Å². The zero-order chi connectivity index (χ0) is 11.1. The summed E-state index contributed by atoms with van der Waals surface area (Å²) in [4.78, 5) is 0. The van der Waals surface area contributed by atoms with Crippen molar-refractivity contribution in [2.24, 2.45) is 0 Å². The number of rotatable bonds is 4. The molecule has 1 aromatic rings. The van der Waals surface area contributed by atoms with Crippen LogP contribution in [0.3, 0.4) is 0 Å².